The van der Waals surface area contributed by atoms with Gasteiger partial charge in [-0.3, -0.25) is 13.9 Å². The molecule has 192 valence electrons. The minimum absolute atomic E-state index is 0.0127. The van der Waals surface area contributed by atoms with Gasteiger partial charge >= 0.3 is 0 Å². The van der Waals surface area contributed by atoms with Gasteiger partial charge in [-0.25, -0.2) is 8.42 Å². The van der Waals surface area contributed by atoms with Crippen molar-refractivity contribution in [1.82, 2.24) is 10.2 Å². The number of amides is 2. The molecule has 0 spiro atoms. The summed E-state index contributed by atoms with van der Waals surface area (Å²) in [7, 11) is -3.51. The van der Waals surface area contributed by atoms with Crippen LogP contribution in [0.5, 0.6) is 0 Å². The summed E-state index contributed by atoms with van der Waals surface area (Å²) in [5, 5.41) is 2.96. The number of carbonyl (C=O) groups excluding carboxylic acids is 2. The van der Waals surface area contributed by atoms with Gasteiger partial charge in [0.2, 0.25) is 21.8 Å². The number of sulfonamides is 1. The monoisotopic (exact) mass is 501 g/mol. The Morgan fingerprint density at radius 3 is 2.20 bits per heavy atom. The minimum atomic E-state index is -3.51. The molecule has 2 rings (SSSR count). The molecule has 0 aliphatic carbocycles. The highest BCUT2D eigenvalue weighted by Gasteiger charge is 2.27. The van der Waals surface area contributed by atoms with E-state index in [-0.39, 0.29) is 30.8 Å². The zero-order chi connectivity index (χ0) is 26.2. The van der Waals surface area contributed by atoms with Crippen molar-refractivity contribution in [2.45, 2.75) is 72.5 Å². The molecule has 0 aliphatic heterocycles. The van der Waals surface area contributed by atoms with Crippen molar-refractivity contribution in [2.24, 2.45) is 0 Å². The Bertz CT molecular complexity index is 1100. The molecule has 0 fully saturated rings. The summed E-state index contributed by atoms with van der Waals surface area (Å²) in [6, 6.07) is 14.5. The molecule has 0 unspecified atom stereocenters. The van der Waals surface area contributed by atoms with Crippen molar-refractivity contribution in [3.05, 3.63) is 65.2 Å². The van der Waals surface area contributed by atoms with E-state index in [4.69, 9.17) is 0 Å². The molecule has 0 bridgehead atoms. The van der Waals surface area contributed by atoms with Gasteiger partial charge in [0.15, 0.2) is 0 Å². The first-order valence-electron chi connectivity index (χ1n) is 12.1. The Morgan fingerprint density at radius 2 is 1.63 bits per heavy atom. The molecule has 7 nitrogen and oxygen atoms in total. The molecule has 0 saturated heterocycles. The highest BCUT2D eigenvalue weighted by Crippen LogP contribution is 2.23. The second-order valence-corrected chi connectivity index (χ2v) is 11.1. The van der Waals surface area contributed by atoms with E-state index in [1.165, 1.54) is 10.6 Å². The lowest BCUT2D eigenvalue weighted by Crippen LogP contribution is -2.49. The van der Waals surface area contributed by atoms with Crippen LogP contribution in [0.1, 0.15) is 56.7 Å². The number of aryl methyl sites for hydroxylation is 2. The molecule has 0 aliphatic rings. The molecule has 2 amide bonds. The number of benzene rings is 2. The second kappa shape index (κ2) is 12.7. The fourth-order valence-electron chi connectivity index (χ4n) is 3.76. The summed E-state index contributed by atoms with van der Waals surface area (Å²) in [6.45, 7) is 10.0. The van der Waals surface area contributed by atoms with Crippen LogP contribution in [0.3, 0.4) is 0 Å². The van der Waals surface area contributed by atoms with Gasteiger partial charge in [-0.15, -0.1) is 0 Å². The zero-order valence-electron chi connectivity index (χ0n) is 21.7. The first-order chi connectivity index (χ1) is 16.4. The number of nitrogens with one attached hydrogen (secondary N) is 1. The molecule has 2 aromatic rings. The van der Waals surface area contributed by atoms with Crippen molar-refractivity contribution in [3.8, 4) is 0 Å². The van der Waals surface area contributed by atoms with Crippen LogP contribution in [-0.4, -0.2) is 50.0 Å². The quantitative estimate of drug-likeness (QED) is 0.473. The largest absolute Gasteiger partial charge is 0.352 e. The molecule has 0 aromatic heterocycles. The standard InChI is InChI=1S/C27H39N3O4S/c1-7-22(4)28-27(32)23(5)29(19-24-16-14-20(2)15-17-24)26(31)13-10-18-30(35(6,33)34)25-12-9-8-11-21(25)3/h8-9,11-12,14-17,22-23H,7,10,13,18-19H2,1-6H3,(H,28,32)/t22-,23-/m0/s1. The Morgan fingerprint density at radius 1 is 1.00 bits per heavy atom. The third-order valence-corrected chi connectivity index (χ3v) is 7.36. The van der Waals surface area contributed by atoms with E-state index >= 15 is 0 Å². The maximum absolute atomic E-state index is 13.3. The average Bonchev–Trinajstić information content (AvgIpc) is 2.80. The number of rotatable bonds is 12. The highest BCUT2D eigenvalue weighted by atomic mass is 32.2. The first-order valence-corrected chi connectivity index (χ1v) is 14.0. The van der Waals surface area contributed by atoms with Crippen LogP contribution in [0.4, 0.5) is 5.69 Å². The first kappa shape index (κ1) is 28.4. The number of hydrogen-bond donors (Lipinski definition) is 1. The van der Waals surface area contributed by atoms with Gasteiger partial charge < -0.3 is 10.2 Å². The summed E-state index contributed by atoms with van der Waals surface area (Å²) < 4.78 is 26.3. The second-order valence-electron chi connectivity index (χ2n) is 9.23. The Kier molecular flexibility index (Phi) is 10.3. The Hall–Kier alpha value is -2.87. The van der Waals surface area contributed by atoms with Gasteiger partial charge in [0.1, 0.15) is 6.04 Å². The maximum Gasteiger partial charge on any atom is 0.242 e. The predicted molar refractivity (Wildman–Crippen MR) is 142 cm³/mol. The highest BCUT2D eigenvalue weighted by molar-refractivity contribution is 7.92. The van der Waals surface area contributed by atoms with Crippen LogP contribution in [0.2, 0.25) is 0 Å². The number of para-hydroxylation sites is 1. The SMILES string of the molecule is CC[C@H](C)NC(=O)[C@H](C)N(Cc1ccc(C)cc1)C(=O)CCCN(c1ccccc1C)S(C)(=O)=O. The molecular formula is C27H39N3O4S. The maximum atomic E-state index is 13.3. The van der Waals surface area contributed by atoms with E-state index in [2.05, 4.69) is 5.32 Å². The molecule has 1 N–H and O–H groups in total. The van der Waals surface area contributed by atoms with Crippen LogP contribution in [0.15, 0.2) is 48.5 Å². The fourth-order valence-corrected chi connectivity index (χ4v) is 4.79. The molecule has 0 heterocycles. The molecule has 8 heteroatoms. The van der Waals surface area contributed by atoms with Crippen LogP contribution < -0.4 is 9.62 Å². The van der Waals surface area contributed by atoms with E-state index in [0.717, 1.165) is 23.1 Å². The average molecular weight is 502 g/mol. The molecule has 35 heavy (non-hydrogen) atoms. The van der Waals surface area contributed by atoms with Gasteiger partial charge in [-0.1, -0.05) is 55.0 Å². The van der Waals surface area contributed by atoms with Gasteiger partial charge in [-0.2, -0.15) is 0 Å². The van der Waals surface area contributed by atoms with Gasteiger partial charge in [0.25, 0.3) is 0 Å². The zero-order valence-corrected chi connectivity index (χ0v) is 22.6. The molecular weight excluding hydrogens is 462 g/mol. The number of anilines is 1. The summed E-state index contributed by atoms with van der Waals surface area (Å²) in [5.74, 6) is -0.381. The topological polar surface area (TPSA) is 86.8 Å². The van der Waals surface area contributed by atoms with E-state index in [1.807, 2.05) is 64.1 Å². The molecule has 2 aromatic carbocycles. The molecule has 2 atom stereocenters. The Labute approximate surface area is 210 Å². The van der Waals surface area contributed by atoms with Crippen LogP contribution in [-0.2, 0) is 26.2 Å². The van der Waals surface area contributed by atoms with Crippen LogP contribution in [0.25, 0.3) is 0 Å². The van der Waals surface area contributed by atoms with E-state index in [1.54, 1.807) is 24.0 Å². The third-order valence-electron chi connectivity index (χ3n) is 6.18. The number of hydrogen-bond acceptors (Lipinski definition) is 4. The van der Waals surface area contributed by atoms with Crippen molar-refractivity contribution in [1.29, 1.82) is 0 Å². The predicted octanol–water partition coefficient (Wildman–Crippen LogP) is 4.18. The number of nitrogens with zero attached hydrogens (tertiary/aromatic N) is 2. The minimum Gasteiger partial charge on any atom is -0.352 e. The van der Waals surface area contributed by atoms with Crippen LogP contribution >= 0.6 is 0 Å². The van der Waals surface area contributed by atoms with E-state index in [9.17, 15) is 18.0 Å². The molecule has 0 saturated carbocycles. The van der Waals surface area contributed by atoms with E-state index < -0.39 is 16.1 Å². The van der Waals surface area contributed by atoms with Crippen molar-refractivity contribution in [2.75, 3.05) is 17.1 Å². The summed E-state index contributed by atoms with van der Waals surface area (Å²) >= 11 is 0. The smallest absolute Gasteiger partial charge is 0.242 e. The Balaban J connectivity index is 2.17. The van der Waals surface area contributed by atoms with Gasteiger partial charge in [-0.05, 0) is 57.7 Å². The van der Waals surface area contributed by atoms with E-state index in [0.29, 0.717) is 18.7 Å². The fraction of sp³-hybridized carbons (Fsp3) is 0.481. The van der Waals surface area contributed by atoms with Gasteiger partial charge in [0.05, 0.1) is 11.9 Å². The van der Waals surface area contributed by atoms with Crippen LogP contribution in [0, 0.1) is 13.8 Å². The molecule has 0 radical (unpaired) electrons. The number of carbonyl (C=O) groups is 2. The van der Waals surface area contributed by atoms with Crippen molar-refractivity contribution < 1.29 is 18.0 Å². The van der Waals surface area contributed by atoms with Crippen molar-refractivity contribution >= 4 is 27.5 Å². The normalized spacial score (nSPS) is 13.1. The summed E-state index contributed by atoms with van der Waals surface area (Å²) in [5.41, 5.74) is 3.51. The third kappa shape index (κ3) is 8.38. The summed E-state index contributed by atoms with van der Waals surface area (Å²) in [6.07, 6.45) is 2.44. The summed E-state index contributed by atoms with van der Waals surface area (Å²) in [4.78, 5) is 27.8. The lowest BCUT2D eigenvalue weighted by molar-refractivity contribution is -0.140. The van der Waals surface area contributed by atoms with Gasteiger partial charge in [0, 0.05) is 25.6 Å². The lowest BCUT2D eigenvalue weighted by atomic mass is 10.1. The van der Waals surface area contributed by atoms with Crippen molar-refractivity contribution in [3.63, 3.8) is 0 Å². The lowest BCUT2D eigenvalue weighted by Gasteiger charge is -2.30.